The van der Waals surface area contributed by atoms with Gasteiger partial charge in [0.25, 0.3) is 11.8 Å². The second kappa shape index (κ2) is 9.66. The highest BCUT2D eigenvalue weighted by Gasteiger charge is 2.36. The van der Waals surface area contributed by atoms with Gasteiger partial charge in [-0.15, -0.1) is 0 Å². The lowest BCUT2D eigenvalue weighted by Gasteiger charge is -2.34. The number of imidazole rings is 1. The van der Waals surface area contributed by atoms with Gasteiger partial charge in [0.15, 0.2) is 5.82 Å². The standard InChI is InChI=1S/C25H25F5N6O/c26-24(27)10-12-35(13-11-24)15-16-4-3-7-21(32-16)33-23(37)20-14-31-22-9-8-19(34-36(20)22)17-5-1-2-6-18(17)25(28,29)30/h1-9,14,16,19,32,34H,10-13,15H2,(H,33,37). The summed E-state index contributed by atoms with van der Waals surface area (Å²) in [7, 11) is 0. The van der Waals surface area contributed by atoms with Gasteiger partial charge >= 0.3 is 6.18 Å². The van der Waals surface area contributed by atoms with Crippen molar-refractivity contribution < 1.29 is 26.7 Å². The molecule has 0 radical (unpaired) electrons. The Morgan fingerprint density at radius 2 is 1.92 bits per heavy atom. The molecule has 37 heavy (non-hydrogen) atoms. The Labute approximate surface area is 209 Å². The molecule has 4 heterocycles. The number of nitrogens with one attached hydrogen (secondary N) is 3. The zero-order valence-electron chi connectivity index (χ0n) is 19.6. The molecule has 196 valence electrons. The summed E-state index contributed by atoms with van der Waals surface area (Å²) in [6.07, 6.45) is 4.91. The van der Waals surface area contributed by atoms with E-state index in [9.17, 15) is 26.7 Å². The lowest BCUT2D eigenvalue weighted by atomic mass is 9.99. The number of hydrogen-bond donors (Lipinski definition) is 3. The molecule has 1 aromatic heterocycles. The molecule has 3 aliphatic rings. The number of carbonyl (C=O) groups excluding carboxylic acids is 1. The summed E-state index contributed by atoms with van der Waals surface area (Å²) in [6, 6.07) is 4.24. The van der Waals surface area contributed by atoms with Crippen LogP contribution in [0, 0.1) is 0 Å². The van der Waals surface area contributed by atoms with Crippen molar-refractivity contribution in [2.45, 2.75) is 37.0 Å². The van der Waals surface area contributed by atoms with Gasteiger partial charge in [0.05, 0.1) is 23.8 Å². The fraction of sp³-hybridized carbons (Fsp3) is 0.360. The third-order valence-electron chi connectivity index (χ3n) is 6.57. The number of benzene rings is 1. The molecule has 0 bridgehead atoms. The zero-order chi connectivity index (χ0) is 26.2. The SMILES string of the molecule is O=C(NC1=CC=CC(CN2CCC(F)(F)CC2)N1)c1cnc2n1NC(c1ccccc1C(F)(F)F)C=C2. The van der Waals surface area contributed by atoms with Crippen LogP contribution in [-0.4, -0.2) is 52.1 Å². The average Bonchev–Trinajstić information content (AvgIpc) is 3.29. The minimum Gasteiger partial charge on any atom is -0.364 e. The molecule has 1 aromatic carbocycles. The Morgan fingerprint density at radius 1 is 1.16 bits per heavy atom. The maximum atomic E-state index is 13.5. The molecule has 1 fully saturated rings. The predicted molar refractivity (Wildman–Crippen MR) is 127 cm³/mol. The number of carbonyl (C=O) groups is 1. The molecular formula is C25H25F5N6O. The summed E-state index contributed by atoms with van der Waals surface area (Å²) >= 11 is 0. The number of hydrogen-bond acceptors (Lipinski definition) is 5. The number of nitrogens with zero attached hydrogens (tertiary/aromatic N) is 3. The van der Waals surface area contributed by atoms with Crippen LogP contribution in [0.2, 0.25) is 0 Å². The number of halogens is 5. The molecule has 2 aromatic rings. The first-order chi connectivity index (χ1) is 17.6. The first-order valence-electron chi connectivity index (χ1n) is 11.8. The number of alkyl halides is 5. The largest absolute Gasteiger partial charge is 0.416 e. The minimum atomic E-state index is -4.53. The Morgan fingerprint density at radius 3 is 2.68 bits per heavy atom. The topological polar surface area (TPSA) is 74.2 Å². The summed E-state index contributed by atoms with van der Waals surface area (Å²) in [4.78, 5) is 19.2. The van der Waals surface area contributed by atoms with Crippen LogP contribution in [-0.2, 0) is 6.18 Å². The first kappa shape index (κ1) is 25.0. The summed E-state index contributed by atoms with van der Waals surface area (Å²) in [5.74, 6) is -2.35. The number of piperidine rings is 1. The van der Waals surface area contributed by atoms with Gasteiger partial charge in [-0.3, -0.25) is 4.79 Å². The number of dihydropyridines is 1. The summed E-state index contributed by atoms with van der Waals surface area (Å²) in [5.41, 5.74) is 2.32. The van der Waals surface area contributed by atoms with Crippen LogP contribution >= 0.6 is 0 Å². The van der Waals surface area contributed by atoms with E-state index in [0.29, 0.717) is 31.3 Å². The fourth-order valence-corrected chi connectivity index (χ4v) is 4.64. The number of aromatic nitrogens is 2. The van der Waals surface area contributed by atoms with E-state index in [1.165, 1.54) is 29.1 Å². The second-order valence-electron chi connectivity index (χ2n) is 9.21. The molecular weight excluding hydrogens is 495 g/mol. The monoisotopic (exact) mass is 520 g/mol. The maximum absolute atomic E-state index is 13.5. The van der Waals surface area contributed by atoms with Crippen molar-refractivity contribution in [2.24, 2.45) is 0 Å². The van der Waals surface area contributed by atoms with Crippen LogP contribution in [0.25, 0.3) is 6.08 Å². The first-order valence-corrected chi connectivity index (χ1v) is 11.8. The third kappa shape index (κ3) is 5.53. The van der Waals surface area contributed by atoms with E-state index in [2.05, 4.69) is 21.0 Å². The van der Waals surface area contributed by atoms with Crippen LogP contribution in [0.15, 0.2) is 60.6 Å². The van der Waals surface area contributed by atoms with Crippen LogP contribution in [0.5, 0.6) is 0 Å². The third-order valence-corrected chi connectivity index (χ3v) is 6.57. The molecule has 0 saturated carbocycles. The fourth-order valence-electron chi connectivity index (χ4n) is 4.64. The van der Waals surface area contributed by atoms with Crippen LogP contribution in [0.1, 0.15) is 46.3 Å². The number of fused-ring (bicyclic) bond motifs is 1. The van der Waals surface area contributed by atoms with Gasteiger partial charge in [-0.25, -0.2) is 18.4 Å². The van der Waals surface area contributed by atoms with Gasteiger partial charge in [-0.1, -0.05) is 36.4 Å². The molecule has 5 rings (SSSR count). The van der Waals surface area contributed by atoms with Gasteiger partial charge in [0.2, 0.25) is 0 Å². The van der Waals surface area contributed by atoms with E-state index in [4.69, 9.17) is 0 Å². The smallest absolute Gasteiger partial charge is 0.364 e. The van der Waals surface area contributed by atoms with E-state index >= 15 is 0 Å². The second-order valence-corrected chi connectivity index (χ2v) is 9.21. The highest BCUT2D eigenvalue weighted by Crippen LogP contribution is 2.36. The molecule has 7 nitrogen and oxygen atoms in total. The molecule has 1 saturated heterocycles. The van der Waals surface area contributed by atoms with Gasteiger partial charge < -0.3 is 21.0 Å². The van der Waals surface area contributed by atoms with E-state index in [-0.39, 0.29) is 30.1 Å². The molecule has 0 spiro atoms. The van der Waals surface area contributed by atoms with Gasteiger partial charge in [-0.05, 0) is 23.8 Å². The van der Waals surface area contributed by atoms with Gasteiger partial charge in [0.1, 0.15) is 11.5 Å². The molecule has 0 aliphatic carbocycles. The summed E-state index contributed by atoms with van der Waals surface area (Å²) < 4.78 is 68.8. The Balaban J connectivity index is 1.25. The van der Waals surface area contributed by atoms with E-state index < -0.39 is 29.6 Å². The molecule has 2 atom stereocenters. The van der Waals surface area contributed by atoms with Gasteiger partial charge in [-0.2, -0.15) is 13.2 Å². The summed E-state index contributed by atoms with van der Waals surface area (Å²) in [6.45, 7) is 1.10. The van der Waals surface area contributed by atoms with Crippen molar-refractivity contribution in [3.8, 4) is 0 Å². The zero-order valence-corrected chi connectivity index (χ0v) is 19.6. The van der Waals surface area contributed by atoms with Crippen molar-refractivity contribution in [1.29, 1.82) is 0 Å². The highest BCUT2D eigenvalue weighted by molar-refractivity contribution is 5.94. The van der Waals surface area contributed by atoms with Crippen LogP contribution < -0.4 is 16.1 Å². The highest BCUT2D eigenvalue weighted by atomic mass is 19.4. The lowest BCUT2D eigenvalue weighted by Crippen LogP contribution is -2.48. The van der Waals surface area contributed by atoms with Crippen molar-refractivity contribution >= 4 is 12.0 Å². The molecule has 3 aliphatic heterocycles. The number of rotatable bonds is 5. The predicted octanol–water partition coefficient (Wildman–Crippen LogP) is 4.04. The molecule has 3 N–H and O–H groups in total. The average molecular weight is 521 g/mol. The van der Waals surface area contributed by atoms with E-state index in [1.54, 1.807) is 24.3 Å². The Kier molecular flexibility index (Phi) is 6.52. The summed E-state index contributed by atoms with van der Waals surface area (Å²) in [5, 5.41) is 5.94. The van der Waals surface area contributed by atoms with Crippen molar-refractivity contribution in [3.05, 3.63) is 83.2 Å². The Hall–Kier alpha value is -3.67. The normalized spacial score (nSPS) is 23.0. The Bertz CT molecular complexity index is 1250. The van der Waals surface area contributed by atoms with Crippen LogP contribution in [0.4, 0.5) is 22.0 Å². The van der Waals surface area contributed by atoms with Crippen LogP contribution in [0.3, 0.4) is 0 Å². The minimum absolute atomic E-state index is 0.0251. The number of allylic oxidation sites excluding steroid dienone is 2. The molecule has 12 heteroatoms. The van der Waals surface area contributed by atoms with E-state index in [1.807, 2.05) is 11.0 Å². The molecule has 1 amide bonds. The van der Waals surface area contributed by atoms with Crippen molar-refractivity contribution in [1.82, 2.24) is 25.2 Å². The number of amides is 1. The lowest BCUT2D eigenvalue weighted by molar-refractivity contribution is -0.138. The van der Waals surface area contributed by atoms with E-state index in [0.717, 1.165) is 6.07 Å². The maximum Gasteiger partial charge on any atom is 0.416 e. The van der Waals surface area contributed by atoms with Crippen molar-refractivity contribution in [2.75, 3.05) is 25.1 Å². The van der Waals surface area contributed by atoms with Crippen molar-refractivity contribution in [3.63, 3.8) is 0 Å². The quantitative estimate of drug-likeness (QED) is 0.519. The van der Waals surface area contributed by atoms with Gasteiger partial charge in [0, 0.05) is 32.5 Å². The number of likely N-dealkylation sites (tertiary alicyclic amines) is 1. The molecule has 2 unspecified atom stereocenters.